The number of rotatable bonds is 4. The first-order valence-electron chi connectivity index (χ1n) is 8.48. The van der Waals surface area contributed by atoms with Crippen molar-refractivity contribution in [2.45, 2.75) is 38.5 Å². The normalized spacial score (nSPS) is 20.2. The molecule has 0 N–H and O–H groups in total. The Morgan fingerprint density at radius 3 is 1.48 bits per heavy atom. The molecule has 2 aromatic rings. The van der Waals surface area contributed by atoms with Crippen LogP contribution in [0.25, 0.3) is 0 Å². The first kappa shape index (κ1) is 17.3. The van der Waals surface area contributed by atoms with Crippen LogP contribution in [0.15, 0.2) is 33.1 Å². The Balaban J connectivity index is 1.62. The van der Waals surface area contributed by atoms with Crippen LogP contribution in [0.5, 0.6) is 0 Å². The standard InChI is InChI=1S/C18H23O6P/c1-18(2,3)25(14-6-4-12(23-14)16-19-8-9-20-16)15-7-5-13(24-15)17-21-10-11-22-17/h4-7,16-17H,8-11H2,1-3H3. The van der Waals surface area contributed by atoms with Crippen LogP contribution >= 0.6 is 7.92 Å². The summed E-state index contributed by atoms with van der Waals surface area (Å²) in [5.74, 6) is 1.41. The Bertz CT molecular complexity index is 649. The molecular formula is C18H23O6P. The van der Waals surface area contributed by atoms with Gasteiger partial charge in [0.2, 0.25) is 12.6 Å². The van der Waals surface area contributed by atoms with Gasteiger partial charge in [-0.15, -0.1) is 0 Å². The molecule has 7 heteroatoms. The molecule has 0 amide bonds. The van der Waals surface area contributed by atoms with Gasteiger partial charge in [0, 0.05) is 7.92 Å². The van der Waals surface area contributed by atoms with Crippen LogP contribution in [0.3, 0.4) is 0 Å². The fourth-order valence-electron chi connectivity index (χ4n) is 2.99. The summed E-state index contributed by atoms with van der Waals surface area (Å²) in [7, 11) is -0.835. The van der Waals surface area contributed by atoms with Crippen molar-refractivity contribution in [3.63, 3.8) is 0 Å². The minimum absolute atomic E-state index is 0.0334. The average molecular weight is 366 g/mol. The maximum absolute atomic E-state index is 6.10. The van der Waals surface area contributed by atoms with Gasteiger partial charge < -0.3 is 27.8 Å². The van der Waals surface area contributed by atoms with Crippen LogP contribution in [0.2, 0.25) is 0 Å². The second kappa shape index (κ2) is 6.86. The molecule has 0 aliphatic carbocycles. The van der Waals surface area contributed by atoms with Crippen LogP contribution in [0, 0.1) is 0 Å². The highest BCUT2D eigenvalue weighted by Crippen LogP contribution is 2.48. The monoisotopic (exact) mass is 366 g/mol. The molecule has 0 saturated carbocycles. The molecule has 0 spiro atoms. The molecule has 0 unspecified atom stereocenters. The fourth-order valence-corrected chi connectivity index (χ4v) is 5.37. The summed E-state index contributed by atoms with van der Waals surface area (Å²) in [5.41, 5.74) is 1.79. The van der Waals surface area contributed by atoms with Crippen LogP contribution in [-0.2, 0) is 18.9 Å². The number of hydrogen-bond acceptors (Lipinski definition) is 6. The van der Waals surface area contributed by atoms with Gasteiger partial charge in [-0.3, -0.25) is 0 Å². The van der Waals surface area contributed by atoms with E-state index in [0.717, 1.165) is 11.0 Å². The summed E-state index contributed by atoms with van der Waals surface area (Å²) in [6.07, 6.45) is -0.809. The summed E-state index contributed by atoms with van der Waals surface area (Å²) in [6.45, 7) is 8.95. The van der Waals surface area contributed by atoms with E-state index in [-0.39, 0.29) is 5.16 Å². The largest absolute Gasteiger partial charge is 0.456 e. The lowest BCUT2D eigenvalue weighted by Gasteiger charge is -2.27. The first-order chi connectivity index (χ1) is 12.0. The Labute approximate surface area is 148 Å². The second-order valence-electron chi connectivity index (χ2n) is 7.01. The van der Waals surface area contributed by atoms with Crippen molar-refractivity contribution >= 4 is 18.9 Å². The molecule has 2 fully saturated rings. The van der Waals surface area contributed by atoms with Crippen molar-refractivity contribution in [2.24, 2.45) is 0 Å². The molecule has 4 rings (SSSR count). The summed E-state index contributed by atoms with van der Waals surface area (Å²) in [6, 6.07) is 7.86. The predicted octanol–water partition coefficient (Wildman–Crippen LogP) is 3.19. The molecule has 2 aliphatic heterocycles. The van der Waals surface area contributed by atoms with Gasteiger partial charge in [-0.2, -0.15) is 0 Å². The van der Waals surface area contributed by atoms with E-state index in [9.17, 15) is 0 Å². The predicted molar refractivity (Wildman–Crippen MR) is 92.6 cm³/mol. The summed E-state index contributed by atoms with van der Waals surface area (Å²) >= 11 is 0. The van der Waals surface area contributed by atoms with Crippen LogP contribution < -0.4 is 11.0 Å². The molecule has 25 heavy (non-hydrogen) atoms. The van der Waals surface area contributed by atoms with Crippen molar-refractivity contribution in [3.05, 3.63) is 35.8 Å². The Hall–Kier alpha value is -1.17. The third-order valence-electron chi connectivity index (χ3n) is 4.04. The van der Waals surface area contributed by atoms with E-state index in [1.54, 1.807) is 0 Å². The molecule has 2 saturated heterocycles. The molecule has 2 aliphatic rings. The highest BCUT2D eigenvalue weighted by molar-refractivity contribution is 7.73. The van der Waals surface area contributed by atoms with Gasteiger partial charge in [0.25, 0.3) is 0 Å². The van der Waals surface area contributed by atoms with Crippen molar-refractivity contribution in [3.8, 4) is 0 Å². The third-order valence-corrected chi connectivity index (χ3v) is 6.75. The topological polar surface area (TPSA) is 63.2 Å². The highest BCUT2D eigenvalue weighted by atomic mass is 31.1. The Morgan fingerprint density at radius 1 is 0.720 bits per heavy atom. The molecular weight excluding hydrogens is 343 g/mol. The van der Waals surface area contributed by atoms with Gasteiger partial charge in [0.1, 0.15) is 11.0 Å². The molecule has 0 bridgehead atoms. The third kappa shape index (κ3) is 3.55. The molecule has 0 atom stereocenters. The van der Waals surface area contributed by atoms with Crippen molar-refractivity contribution in [1.29, 1.82) is 0 Å². The van der Waals surface area contributed by atoms with E-state index in [4.69, 9.17) is 27.8 Å². The van der Waals surface area contributed by atoms with Crippen LogP contribution in [-0.4, -0.2) is 31.6 Å². The molecule has 6 nitrogen and oxygen atoms in total. The summed E-state index contributed by atoms with van der Waals surface area (Å²) in [4.78, 5) is 0. The first-order valence-corrected chi connectivity index (χ1v) is 9.83. The van der Waals surface area contributed by atoms with Crippen LogP contribution in [0.1, 0.15) is 44.9 Å². The minimum Gasteiger partial charge on any atom is -0.456 e. The summed E-state index contributed by atoms with van der Waals surface area (Å²) in [5, 5.41) is -0.0334. The quantitative estimate of drug-likeness (QED) is 0.775. The lowest BCUT2D eigenvalue weighted by Crippen LogP contribution is -2.25. The lowest BCUT2D eigenvalue weighted by molar-refractivity contribution is -0.0582. The van der Waals surface area contributed by atoms with E-state index in [2.05, 4.69) is 20.8 Å². The number of furan rings is 2. The van der Waals surface area contributed by atoms with Gasteiger partial charge in [-0.05, 0) is 29.4 Å². The van der Waals surface area contributed by atoms with Crippen molar-refractivity contribution in [2.75, 3.05) is 26.4 Å². The smallest absolute Gasteiger partial charge is 0.217 e. The number of ether oxygens (including phenoxy) is 4. The summed E-state index contributed by atoms with van der Waals surface area (Å²) < 4.78 is 34.3. The highest BCUT2D eigenvalue weighted by Gasteiger charge is 2.35. The van der Waals surface area contributed by atoms with Gasteiger partial charge in [-0.25, -0.2) is 0 Å². The zero-order chi connectivity index (χ0) is 17.4. The van der Waals surface area contributed by atoms with Crippen LogP contribution in [0.4, 0.5) is 0 Å². The van der Waals surface area contributed by atoms with E-state index >= 15 is 0 Å². The van der Waals surface area contributed by atoms with Gasteiger partial charge in [0.15, 0.2) is 11.5 Å². The number of hydrogen-bond donors (Lipinski definition) is 0. The average Bonchev–Trinajstić information content (AvgIpc) is 3.34. The van der Waals surface area contributed by atoms with E-state index in [0.29, 0.717) is 37.9 Å². The molecule has 4 heterocycles. The molecule has 0 radical (unpaired) electrons. The van der Waals surface area contributed by atoms with E-state index in [1.807, 2.05) is 24.3 Å². The maximum atomic E-state index is 6.10. The van der Waals surface area contributed by atoms with Crippen molar-refractivity contribution in [1.82, 2.24) is 0 Å². The Morgan fingerprint density at radius 2 is 1.12 bits per heavy atom. The van der Waals surface area contributed by atoms with Gasteiger partial charge >= 0.3 is 0 Å². The fraction of sp³-hybridized carbons (Fsp3) is 0.556. The van der Waals surface area contributed by atoms with E-state index in [1.165, 1.54) is 0 Å². The van der Waals surface area contributed by atoms with E-state index < -0.39 is 20.5 Å². The molecule has 136 valence electrons. The Kier molecular flexibility index (Phi) is 4.73. The van der Waals surface area contributed by atoms with Gasteiger partial charge in [-0.1, -0.05) is 20.8 Å². The van der Waals surface area contributed by atoms with Crippen molar-refractivity contribution < 1.29 is 27.8 Å². The zero-order valence-corrected chi connectivity index (χ0v) is 15.6. The SMILES string of the molecule is CC(C)(C)P(c1ccc(C2OCCO2)o1)c1ccc(C2OCCO2)o1. The minimum atomic E-state index is -0.835. The lowest BCUT2D eigenvalue weighted by atomic mass is 10.3. The second-order valence-corrected chi connectivity index (χ2v) is 9.90. The molecule has 0 aromatic carbocycles. The molecule has 2 aromatic heterocycles. The maximum Gasteiger partial charge on any atom is 0.217 e. The van der Waals surface area contributed by atoms with Gasteiger partial charge in [0.05, 0.1) is 26.4 Å². The zero-order valence-electron chi connectivity index (χ0n) is 14.7.